The molecule has 0 saturated carbocycles. The van der Waals surface area contributed by atoms with Crippen LogP contribution in [0.4, 0.5) is 5.69 Å². The summed E-state index contributed by atoms with van der Waals surface area (Å²) < 4.78 is 10.5. The van der Waals surface area contributed by atoms with Crippen molar-refractivity contribution in [2.75, 3.05) is 11.5 Å². The van der Waals surface area contributed by atoms with E-state index in [-0.39, 0.29) is 35.2 Å². The monoisotopic (exact) mass is 444 g/mol. The van der Waals surface area contributed by atoms with Crippen LogP contribution in [-0.4, -0.2) is 41.2 Å². The van der Waals surface area contributed by atoms with Crippen LogP contribution in [0.2, 0.25) is 0 Å². The summed E-state index contributed by atoms with van der Waals surface area (Å²) in [5.41, 5.74) is 2.32. The first kappa shape index (κ1) is 20.7. The third-order valence-electron chi connectivity index (χ3n) is 5.90. The minimum Gasteiger partial charge on any atom is -0.467 e. The molecule has 8 nitrogen and oxygen atoms in total. The fraction of sp³-hybridized carbons (Fsp3) is 0.200. The minimum atomic E-state index is -0.740. The number of fused-ring (bicyclic) bond motifs is 2. The molecule has 5 rings (SSSR count). The van der Waals surface area contributed by atoms with Crippen LogP contribution in [0, 0.1) is 0 Å². The molecule has 2 aliphatic rings. The van der Waals surface area contributed by atoms with Gasteiger partial charge in [-0.2, -0.15) is 0 Å². The Morgan fingerprint density at radius 3 is 2.61 bits per heavy atom. The number of furan rings is 1. The molecule has 3 heterocycles. The van der Waals surface area contributed by atoms with Gasteiger partial charge in [0.15, 0.2) is 6.61 Å². The molecule has 33 heavy (non-hydrogen) atoms. The van der Waals surface area contributed by atoms with Crippen molar-refractivity contribution in [3.8, 4) is 0 Å². The van der Waals surface area contributed by atoms with E-state index in [0.29, 0.717) is 5.76 Å². The van der Waals surface area contributed by atoms with Crippen LogP contribution in [0.25, 0.3) is 0 Å². The normalized spacial score (nSPS) is 16.7. The number of carbonyl (C=O) groups excluding carboxylic acids is 4. The summed E-state index contributed by atoms with van der Waals surface area (Å²) in [5.74, 6) is -1.56. The number of anilines is 1. The molecule has 8 heteroatoms. The zero-order valence-corrected chi connectivity index (χ0v) is 17.8. The molecule has 1 aromatic heterocycles. The van der Waals surface area contributed by atoms with Crippen molar-refractivity contribution in [3.63, 3.8) is 0 Å². The molecule has 0 fully saturated rings. The summed E-state index contributed by atoms with van der Waals surface area (Å²) in [6, 6.07) is 15.1. The van der Waals surface area contributed by atoms with Gasteiger partial charge in [-0.25, -0.2) is 4.79 Å². The molecule has 0 spiro atoms. The lowest BCUT2D eigenvalue weighted by Gasteiger charge is -2.22. The van der Waals surface area contributed by atoms with Gasteiger partial charge in [0, 0.05) is 11.7 Å². The second kappa shape index (κ2) is 8.05. The Morgan fingerprint density at radius 2 is 1.82 bits per heavy atom. The quantitative estimate of drug-likeness (QED) is 0.443. The molecule has 0 radical (unpaired) electrons. The Balaban J connectivity index is 1.27. The van der Waals surface area contributed by atoms with Crippen LogP contribution in [0.3, 0.4) is 0 Å². The number of ether oxygens (including phenoxy) is 1. The highest BCUT2D eigenvalue weighted by molar-refractivity contribution is 6.21. The molecular weight excluding hydrogens is 424 g/mol. The predicted octanol–water partition coefficient (Wildman–Crippen LogP) is 3.21. The Hall–Kier alpha value is -4.20. The molecule has 0 N–H and O–H groups in total. The Labute approximate surface area is 189 Å². The van der Waals surface area contributed by atoms with Gasteiger partial charge in [-0.3, -0.25) is 19.3 Å². The van der Waals surface area contributed by atoms with Crippen LogP contribution in [-0.2, 0) is 22.5 Å². The van der Waals surface area contributed by atoms with E-state index in [1.54, 1.807) is 17.0 Å². The van der Waals surface area contributed by atoms with Gasteiger partial charge < -0.3 is 14.1 Å². The van der Waals surface area contributed by atoms with Gasteiger partial charge >= 0.3 is 5.97 Å². The van der Waals surface area contributed by atoms with E-state index in [1.165, 1.54) is 24.5 Å². The number of hydrogen-bond acceptors (Lipinski definition) is 6. The highest BCUT2D eigenvalue weighted by Crippen LogP contribution is 2.32. The molecule has 3 aromatic rings. The van der Waals surface area contributed by atoms with Crippen molar-refractivity contribution in [2.45, 2.75) is 25.9 Å². The number of rotatable bonds is 5. The molecule has 0 unspecified atom stereocenters. The number of para-hydroxylation sites is 1. The van der Waals surface area contributed by atoms with Crippen molar-refractivity contribution in [2.24, 2.45) is 0 Å². The molecule has 0 aliphatic carbocycles. The van der Waals surface area contributed by atoms with Gasteiger partial charge in [-0.1, -0.05) is 18.2 Å². The van der Waals surface area contributed by atoms with Gasteiger partial charge in [0.25, 0.3) is 17.7 Å². The second-order valence-electron chi connectivity index (χ2n) is 8.06. The van der Waals surface area contributed by atoms with E-state index >= 15 is 0 Å². The Morgan fingerprint density at radius 1 is 1.03 bits per heavy atom. The lowest BCUT2D eigenvalue weighted by molar-refractivity contribution is -0.122. The summed E-state index contributed by atoms with van der Waals surface area (Å²) in [7, 11) is 0. The van der Waals surface area contributed by atoms with Crippen LogP contribution in [0.1, 0.15) is 49.3 Å². The smallest absolute Gasteiger partial charge is 0.338 e. The number of benzene rings is 2. The summed E-state index contributed by atoms with van der Waals surface area (Å²) in [4.78, 5) is 53.4. The standard InChI is InChI=1S/C25H20N2O6/c1-15-11-16-5-2-3-7-21(16)27(15)22(28)14-33-25(31)17-8-9-19-20(12-17)24(30)26(23(19)29)13-18-6-4-10-32-18/h2-10,12,15H,11,13-14H2,1H3/t15-/m0/s1. The summed E-state index contributed by atoms with van der Waals surface area (Å²) in [6.07, 6.45) is 2.20. The number of amides is 3. The van der Waals surface area contributed by atoms with Gasteiger partial charge in [0.05, 0.1) is 29.5 Å². The van der Waals surface area contributed by atoms with Gasteiger partial charge in [0.2, 0.25) is 0 Å². The first-order valence-corrected chi connectivity index (χ1v) is 10.5. The summed E-state index contributed by atoms with van der Waals surface area (Å²) >= 11 is 0. The SMILES string of the molecule is C[C@H]1Cc2ccccc2N1C(=O)COC(=O)c1ccc2c(c1)C(=O)N(Cc1ccco1)C2=O. The number of nitrogens with zero attached hydrogens (tertiary/aromatic N) is 2. The van der Waals surface area contributed by atoms with Crippen LogP contribution in [0.5, 0.6) is 0 Å². The van der Waals surface area contributed by atoms with Crippen molar-refractivity contribution in [1.29, 1.82) is 0 Å². The fourth-order valence-electron chi connectivity index (χ4n) is 4.35. The molecule has 2 aliphatic heterocycles. The van der Waals surface area contributed by atoms with Crippen LogP contribution >= 0.6 is 0 Å². The fourth-order valence-corrected chi connectivity index (χ4v) is 4.35. The highest BCUT2D eigenvalue weighted by Gasteiger charge is 2.37. The van der Waals surface area contributed by atoms with Crippen LogP contribution in [0.15, 0.2) is 65.3 Å². The first-order valence-electron chi connectivity index (χ1n) is 10.5. The average Bonchev–Trinajstić information content (AvgIpc) is 3.51. The molecular formula is C25H20N2O6. The van der Waals surface area contributed by atoms with Crippen molar-refractivity contribution in [1.82, 2.24) is 4.90 Å². The maximum absolute atomic E-state index is 12.8. The summed E-state index contributed by atoms with van der Waals surface area (Å²) in [5, 5.41) is 0. The summed E-state index contributed by atoms with van der Waals surface area (Å²) in [6.45, 7) is 1.52. The maximum Gasteiger partial charge on any atom is 0.338 e. The number of carbonyl (C=O) groups is 4. The molecule has 2 aromatic carbocycles. The largest absolute Gasteiger partial charge is 0.467 e. The molecule has 3 amide bonds. The Bertz CT molecular complexity index is 1280. The number of esters is 1. The number of imide groups is 1. The van der Waals surface area contributed by atoms with Gasteiger partial charge in [-0.15, -0.1) is 0 Å². The van der Waals surface area contributed by atoms with E-state index in [0.717, 1.165) is 22.6 Å². The van der Waals surface area contributed by atoms with Gasteiger partial charge in [-0.05, 0) is 55.3 Å². The van der Waals surface area contributed by atoms with E-state index < -0.39 is 24.4 Å². The lowest BCUT2D eigenvalue weighted by Crippen LogP contribution is -2.38. The lowest BCUT2D eigenvalue weighted by atomic mass is 10.1. The van der Waals surface area contributed by atoms with E-state index in [2.05, 4.69) is 0 Å². The molecule has 1 atom stereocenters. The molecule has 0 saturated heterocycles. The van der Waals surface area contributed by atoms with E-state index in [1.807, 2.05) is 31.2 Å². The molecule has 0 bridgehead atoms. The van der Waals surface area contributed by atoms with Crippen molar-refractivity contribution >= 4 is 29.4 Å². The van der Waals surface area contributed by atoms with Crippen LogP contribution < -0.4 is 4.90 Å². The van der Waals surface area contributed by atoms with Gasteiger partial charge in [0.1, 0.15) is 5.76 Å². The predicted molar refractivity (Wildman–Crippen MR) is 117 cm³/mol. The highest BCUT2D eigenvalue weighted by atomic mass is 16.5. The third kappa shape index (κ3) is 3.59. The van der Waals surface area contributed by atoms with E-state index in [4.69, 9.17) is 9.15 Å². The second-order valence-corrected chi connectivity index (χ2v) is 8.06. The minimum absolute atomic E-state index is 0.00310. The van der Waals surface area contributed by atoms with Crippen molar-refractivity contribution < 1.29 is 28.3 Å². The van der Waals surface area contributed by atoms with Crippen molar-refractivity contribution in [3.05, 3.63) is 88.9 Å². The third-order valence-corrected chi connectivity index (χ3v) is 5.90. The molecule has 166 valence electrons. The maximum atomic E-state index is 12.8. The Kier molecular flexibility index (Phi) is 5.05. The topological polar surface area (TPSA) is 97.1 Å². The average molecular weight is 444 g/mol. The first-order chi connectivity index (χ1) is 15.9. The number of hydrogen-bond donors (Lipinski definition) is 0. The zero-order valence-electron chi connectivity index (χ0n) is 17.8. The van der Waals surface area contributed by atoms with E-state index in [9.17, 15) is 19.2 Å². The zero-order chi connectivity index (χ0) is 23.1.